The van der Waals surface area contributed by atoms with Crippen LogP contribution in [-0.2, 0) is 13.2 Å². The van der Waals surface area contributed by atoms with Crippen molar-refractivity contribution in [1.29, 1.82) is 0 Å². The topological polar surface area (TPSA) is 46.9 Å². The lowest BCUT2D eigenvalue weighted by molar-refractivity contribution is -0.137. The molecule has 8 heteroatoms. The van der Waals surface area contributed by atoms with Crippen LogP contribution >= 0.6 is 11.8 Å². The molecule has 3 rings (SSSR count). The highest BCUT2D eigenvalue weighted by Crippen LogP contribution is 2.34. The average Bonchev–Trinajstić information content (AvgIpc) is 3.01. The number of nitrogens with one attached hydrogen (secondary N) is 1. The molecule has 0 spiro atoms. The van der Waals surface area contributed by atoms with Crippen LogP contribution in [0.15, 0.2) is 41.8 Å². The van der Waals surface area contributed by atoms with Crippen LogP contribution in [0.2, 0.25) is 0 Å². The van der Waals surface area contributed by atoms with Crippen molar-refractivity contribution in [3.8, 4) is 0 Å². The van der Waals surface area contributed by atoms with Crippen molar-refractivity contribution in [2.45, 2.75) is 48.3 Å². The van der Waals surface area contributed by atoms with Crippen molar-refractivity contribution in [1.82, 2.24) is 14.9 Å². The normalized spacial score (nSPS) is 20.8. The standard InChI is InChI=1S/C18H20F3N3OS/c1-24-11-10-22-17(24)26-13-8-6-12(7-9-13)23-16(25)14-4-2-3-5-15(14)18(19,20)21/h2-5,10-13H,6-9H2,1H3,(H,23,25). The molecule has 0 bridgehead atoms. The van der Waals surface area contributed by atoms with Crippen LogP contribution in [0.5, 0.6) is 0 Å². The Balaban J connectivity index is 1.57. The van der Waals surface area contributed by atoms with Crippen LogP contribution in [0, 0.1) is 0 Å². The number of hydrogen-bond acceptors (Lipinski definition) is 3. The molecule has 0 saturated heterocycles. The van der Waals surface area contributed by atoms with E-state index in [1.165, 1.54) is 18.2 Å². The van der Waals surface area contributed by atoms with Crippen LogP contribution in [0.1, 0.15) is 41.6 Å². The van der Waals surface area contributed by atoms with E-state index in [4.69, 9.17) is 0 Å². The molecule has 1 aromatic carbocycles. The number of benzene rings is 1. The molecule has 2 aromatic rings. The molecule has 1 N–H and O–H groups in total. The van der Waals surface area contributed by atoms with E-state index in [0.717, 1.165) is 36.9 Å². The minimum absolute atomic E-state index is 0.0954. The third kappa shape index (κ3) is 4.41. The molecule has 26 heavy (non-hydrogen) atoms. The number of carbonyl (C=O) groups excluding carboxylic acids is 1. The molecule has 0 aliphatic heterocycles. The van der Waals surface area contributed by atoms with Crippen LogP contribution in [0.25, 0.3) is 0 Å². The number of thioether (sulfide) groups is 1. The zero-order chi connectivity index (χ0) is 18.7. The van der Waals surface area contributed by atoms with Gasteiger partial charge in [-0.1, -0.05) is 23.9 Å². The quantitative estimate of drug-likeness (QED) is 0.858. The van der Waals surface area contributed by atoms with E-state index in [0.29, 0.717) is 5.25 Å². The van der Waals surface area contributed by atoms with Gasteiger partial charge < -0.3 is 9.88 Å². The highest BCUT2D eigenvalue weighted by atomic mass is 32.2. The number of carbonyl (C=O) groups is 1. The summed E-state index contributed by atoms with van der Waals surface area (Å²) in [6.45, 7) is 0. The monoisotopic (exact) mass is 383 g/mol. The highest BCUT2D eigenvalue weighted by molar-refractivity contribution is 7.99. The summed E-state index contributed by atoms with van der Waals surface area (Å²) < 4.78 is 41.1. The molecular formula is C18H20F3N3OS. The number of alkyl halides is 3. The van der Waals surface area contributed by atoms with Gasteiger partial charge in [-0.3, -0.25) is 4.79 Å². The van der Waals surface area contributed by atoms with Crippen molar-refractivity contribution in [2.24, 2.45) is 7.05 Å². The Labute approximate surface area is 154 Å². The maximum absolute atomic E-state index is 13.1. The lowest BCUT2D eigenvalue weighted by Gasteiger charge is -2.28. The second-order valence-corrected chi connectivity index (χ2v) is 7.70. The summed E-state index contributed by atoms with van der Waals surface area (Å²) >= 11 is 1.71. The van der Waals surface area contributed by atoms with E-state index in [1.54, 1.807) is 18.0 Å². The van der Waals surface area contributed by atoms with E-state index in [9.17, 15) is 18.0 Å². The van der Waals surface area contributed by atoms with Gasteiger partial charge in [0.05, 0.1) is 11.1 Å². The first-order valence-corrected chi connectivity index (χ1v) is 9.33. The van der Waals surface area contributed by atoms with E-state index in [-0.39, 0.29) is 11.6 Å². The predicted octanol–water partition coefficient (Wildman–Crippen LogP) is 4.27. The third-order valence-corrected chi connectivity index (χ3v) is 5.94. The minimum atomic E-state index is -4.54. The van der Waals surface area contributed by atoms with E-state index >= 15 is 0 Å². The van der Waals surface area contributed by atoms with Crippen molar-refractivity contribution in [3.63, 3.8) is 0 Å². The van der Waals surface area contributed by atoms with Crippen LogP contribution in [-0.4, -0.2) is 26.8 Å². The van der Waals surface area contributed by atoms with Gasteiger partial charge in [0.25, 0.3) is 5.91 Å². The number of rotatable bonds is 4. The molecule has 1 saturated carbocycles. The van der Waals surface area contributed by atoms with Gasteiger partial charge in [-0.2, -0.15) is 13.2 Å². The first kappa shape index (κ1) is 18.8. The second-order valence-electron chi connectivity index (χ2n) is 6.43. The Morgan fingerprint density at radius 3 is 2.54 bits per heavy atom. The number of aryl methyl sites for hydroxylation is 1. The molecule has 4 nitrogen and oxygen atoms in total. The van der Waals surface area contributed by atoms with Gasteiger partial charge in [-0.15, -0.1) is 0 Å². The summed E-state index contributed by atoms with van der Waals surface area (Å²) in [7, 11) is 1.94. The molecule has 0 atom stereocenters. The van der Waals surface area contributed by atoms with Crippen molar-refractivity contribution in [3.05, 3.63) is 47.8 Å². The van der Waals surface area contributed by atoms with Gasteiger partial charge in [0.2, 0.25) is 0 Å². The molecule has 0 unspecified atom stereocenters. The smallest absolute Gasteiger partial charge is 0.349 e. The summed E-state index contributed by atoms with van der Waals surface area (Å²) in [6.07, 6.45) is 2.40. The van der Waals surface area contributed by atoms with E-state index in [1.807, 2.05) is 17.8 Å². The molecular weight excluding hydrogens is 363 g/mol. The average molecular weight is 383 g/mol. The van der Waals surface area contributed by atoms with Gasteiger partial charge in [0, 0.05) is 30.7 Å². The van der Waals surface area contributed by atoms with Crippen molar-refractivity contribution in [2.75, 3.05) is 0 Å². The zero-order valence-corrected chi connectivity index (χ0v) is 15.1. The van der Waals surface area contributed by atoms with Crippen molar-refractivity contribution >= 4 is 17.7 Å². The Morgan fingerprint density at radius 1 is 1.23 bits per heavy atom. The van der Waals surface area contributed by atoms with Crippen molar-refractivity contribution < 1.29 is 18.0 Å². The Kier molecular flexibility index (Phi) is 5.60. The molecule has 1 aromatic heterocycles. The maximum Gasteiger partial charge on any atom is 0.417 e. The zero-order valence-electron chi connectivity index (χ0n) is 14.3. The number of hydrogen-bond donors (Lipinski definition) is 1. The number of amides is 1. The summed E-state index contributed by atoms with van der Waals surface area (Å²) in [5, 5.41) is 4.13. The molecule has 1 amide bonds. The second kappa shape index (κ2) is 7.73. The highest BCUT2D eigenvalue weighted by Gasteiger charge is 2.35. The fourth-order valence-electron chi connectivity index (χ4n) is 3.13. The number of aromatic nitrogens is 2. The largest absolute Gasteiger partial charge is 0.417 e. The van der Waals surface area contributed by atoms with E-state index < -0.39 is 17.6 Å². The van der Waals surface area contributed by atoms with E-state index in [2.05, 4.69) is 10.3 Å². The maximum atomic E-state index is 13.1. The van der Waals surface area contributed by atoms with Gasteiger partial charge in [-0.25, -0.2) is 4.98 Å². The summed E-state index contributed by atoms with van der Waals surface area (Å²) in [6, 6.07) is 4.81. The Morgan fingerprint density at radius 2 is 1.92 bits per heavy atom. The van der Waals surface area contributed by atoms with Crippen LogP contribution in [0.4, 0.5) is 13.2 Å². The fraction of sp³-hybridized carbons (Fsp3) is 0.444. The molecule has 1 heterocycles. The first-order valence-electron chi connectivity index (χ1n) is 8.45. The Hall–Kier alpha value is -1.96. The van der Waals surface area contributed by atoms with Gasteiger partial charge in [-0.05, 0) is 37.8 Å². The minimum Gasteiger partial charge on any atom is -0.349 e. The Bertz CT molecular complexity index is 767. The van der Waals surface area contributed by atoms with Crippen LogP contribution < -0.4 is 5.32 Å². The summed E-state index contributed by atoms with van der Waals surface area (Å²) in [5.41, 5.74) is -1.21. The lowest BCUT2D eigenvalue weighted by atomic mass is 9.94. The van der Waals surface area contributed by atoms with Gasteiger partial charge in [0.15, 0.2) is 5.16 Å². The summed E-state index contributed by atoms with van der Waals surface area (Å²) in [5.74, 6) is -0.655. The van der Waals surface area contributed by atoms with Gasteiger partial charge >= 0.3 is 6.18 Å². The summed E-state index contributed by atoms with van der Waals surface area (Å²) in [4.78, 5) is 16.6. The fourth-order valence-corrected chi connectivity index (χ4v) is 4.29. The molecule has 1 aliphatic rings. The molecule has 1 aliphatic carbocycles. The van der Waals surface area contributed by atoms with Gasteiger partial charge in [0.1, 0.15) is 0 Å². The lowest BCUT2D eigenvalue weighted by Crippen LogP contribution is -2.38. The number of halogens is 3. The SMILES string of the molecule is Cn1ccnc1SC1CCC(NC(=O)c2ccccc2C(F)(F)F)CC1. The third-order valence-electron chi connectivity index (χ3n) is 4.54. The molecule has 0 radical (unpaired) electrons. The molecule has 1 fully saturated rings. The number of imidazole rings is 1. The predicted molar refractivity (Wildman–Crippen MR) is 94.0 cm³/mol. The molecule has 140 valence electrons. The van der Waals surface area contributed by atoms with Crippen LogP contribution in [0.3, 0.4) is 0 Å². The number of nitrogens with zero attached hydrogens (tertiary/aromatic N) is 2. The first-order chi connectivity index (χ1) is 12.3.